The van der Waals surface area contributed by atoms with Crippen LogP contribution in [0.2, 0.25) is 0 Å². The zero-order valence-corrected chi connectivity index (χ0v) is 16.0. The molecule has 148 valence electrons. The molecule has 0 bridgehead atoms. The summed E-state index contributed by atoms with van der Waals surface area (Å²) in [5.74, 6) is 1.17. The van der Waals surface area contributed by atoms with Gasteiger partial charge in [-0.15, -0.1) is 0 Å². The molecule has 1 amide bonds. The number of rotatable bonds is 4. The Morgan fingerprint density at radius 1 is 1.03 bits per heavy atom. The van der Waals surface area contributed by atoms with Gasteiger partial charge in [-0.1, -0.05) is 24.3 Å². The first kappa shape index (κ1) is 17.9. The topological polar surface area (TPSA) is 69.7 Å². The standard InChI is InChI=1S/C23H22N2O4/c26-23(18-5-3-7-21-22(18)29-11-10-28-21)25-20-14-27-13-16(20)12-15-8-9-24-19-6-2-1-4-17(15)19/h1-9,16,20H,10-14H2,(H,25,26)/t16-,20-/m1/s1. The molecule has 1 fully saturated rings. The lowest BCUT2D eigenvalue weighted by molar-refractivity contribution is 0.0914. The first-order valence-electron chi connectivity index (χ1n) is 9.89. The van der Waals surface area contributed by atoms with Crippen LogP contribution in [0.3, 0.4) is 0 Å². The first-order chi connectivity index (χ1) is 14.3. The third-order valence-corrected chi connectivity index (χ3v) is 5.55. The molecule has 3 heterocycles. The molecule has 0 unspecified atom stereocenters. The summed E-state index contributed by atoms with van der Waals surface area (Å²) < 4.78 is 17.0. The van der Waals surface area contributed by atoms with E-state index in [0.29, 0.717) is 43.5 Å². The normalized spacial score (nSPS) is 20.6. The van der Waals surface area contributed by atoms with Gasteiger partial charge >= 0.3 is 0 Å². The van der Waals surface area contributed by atoms with Crippen LogP contribution in [0, 0.1) is 5.92 Å². The van der Waals surface area contributed by atoms with Crippen molar-refractivity contribution >= 4 is 16.8 Å². The molecule has 0 spiro atoms. The number of pyridine rings is 1. The number of amides is 1. The van der Waals surface area contributed by atoms with Crippen LogP contribution < -0.4 is 14.8 Å². The SMILES string of the molecule is O=C(N[C@@H]1COC[C@H]1Cc1ccnc2ccccc12)c1cccc2c1OCCO2. The number of nitrogens with one attached hydrogen (secondary N) is 1. The molecule has 1 aromatic heterocycles. The van der Waals surface area contributed by atoms with Gasteiger partial charge < -0.3 is 19.5 Å². The Hall–Kier alpha value is -3.12. The zero-order valence-electron chi connectivity index (χ0n) is 16.0. The molecule has 1 saturated heterocycles. The third kappa shape index (κ3) is 3.51. The van der Waals surface area contributed by atoms with Gasteiger partial charge in [0.1, 0.15) is 13.2 Å². The van der Waals surface area contributed by atoms with E-state index in [1.165, 1.54) is 5.56 Å². The third-order valence-electron chi connectivity index (χ3n) is 5.55. The van der Waals surface area contributed by atoms with E-state index < -0.39 is 0 Å². The zero-order chi connectivity index (χ0) is 19.6. The molecule has 5 rings (SSSR count). The number of hydrogen-bond acceptors (Lipinski definition) is 5. The molecule has 0 saturated carbocycles. The number of nitrogens with zero attached hydrogens (tertiary/aromatic N) is 1. The number of fused-ring (bicyclic) bond motifs is 2. The summed E-state index contributed by atoms with van der Waals surface area (Å²) in [7, 11) is 0. The van der Waals surface area contributed by atoms with Crippen molar-refractivity contribution in [2.45, 2.75) is 12.5 Å². The number of hydrogen-bond donors (Lipinski definition) is 1. The van der Waals surface area contributed by atoms with Gasteiger partial charge in [0.25, 0.3) is 5.91 Å². The molecule has 3 aromatic rings. The van der Waals surface area contributed by atoms with Gasteiger partial charge in [0.15, 0.2) is 11.5 Å². The quantitative estimate of drug-likeness (QED) is 0.742. The lowest BCUT2D eigenvalue weighted by Crippen LogP contribution is -2.41. The van der Waals surface area contributed by atoms with E-state index in [-0.39, 0.29) is 17.9 Å². The van der Waals surface area contributed by atoms with Crippen LogP contribution in [0.15, 0.2) is 54.7 Å². The lowest BCUT2D eigenvalue weighted by atomic mass is 9.93. The average molecular weight is 390 g/mol. The second-order valence-corrected chi connectivity index (χ2v) is 7.40. The summed E-state index contributed by atoms with van der Waals surface area (Å²) in [5, 5.41) is 4.30. The van der Waals surface area contributed by atoms with E-state index in [0.717, 1.165) is 17.3 Å². The first-order valence-corrected chi connectivity index (χ1v) is 9.89. The number of aromatic nitrogens is 1. The highest BCUT2D eigenvalue weighted by Gasteiger charge is 2.31. The van der Waals surface area contributed by atoms with Crippen LogP contribution in [0.4, 0.5) is 0 Å². The van der Waals surface area contributed by atoms with Crippen LogP contribution in [-0.2, 0) is 11.2 Å². The molecule has 6 heteroatoms. The maximum atomic E-state index is 13.0. The molecule has 0 aliphatic carbocycles. The second-order valence-electron chi connectivity index (χ2n) is 7.40. The van der Waals surface area contributed by atoms with Crippen molar-refractivity contribution in [3.8, 4) is 11.5 Å². The van der Waals surface area contributed by atoms with Gasteiger partial charge in [-0.05, 0) is 36.2 Å². The van der Waals surface area contributed by atoms with Gasteiger partial charge in [0, 0.05) is 17.5 Å². The predicted octanol–water partition coefficient (Wildman–Crippen LogP) is 2.99. The van der Waals surface area contributed by atoms with Gasteiger partial charge in [-0.3, -0.25) is 9.78 Å². The van der Waals surface area contributed by atoms with Gasteiger partial charge in [0.05, 0.1) is 30.3 Å². The highest BCUT2D eigenvalue weighted by molar-refractivity contribution is 5.98. The Balaban J connectivity index is 1.34. The fourth-order valence-corrected chi connectivity index (χ4v) is 4.07. The largest absolute Gasteiger partial charge is 0.486 e. The number of carbonyl (C=O) groups excluding carboxylic acids is 1. The number of benzene rings is 2. The molecule has 2 aliphatic rings. The van der Waals surface area contributed by atoms with Gasteiger partial charge in [-0.25, -0.2) is 0 Å². The summed E-state index contributed by atoms with van der Waals surface area (Å²) in [6.45, 7) is 2.07. The molecule has 29 heavy (non-hydrogen) atoms. The highest BCUT2D eigenvalue weighted by Crippen LogP contribution is 2.34. The van der Waals surface area contributed by atoms with E-state index in [2.05, 4.69) is 22.4 Å². The van der Waals surface area contributed by atoms with Crippen LogP contribution >= 0.6 is 0 Å². The molecule has 2 atom stereocenters. The number of ether oxygens (including phenoxy) is 3. The fraction of sp³-hybridized carbons (Fsp3) is 0.304. The minimum Gasteiger partial charge on any atom is -0.486 e. The van der Waals surface area contributed by atoms with Crippen molar-refractivity contribution in [2.75, 3.05) is 26.4 Å². The molecule has 6 nitrogen and oxygen atoms in total. The summed E-state index contributed by atoms with van der Waals surface area (Å²) in [5.41, 5.74) is 2.71. The van der Waals surface area contributed by atoms with Crippen molar-refractivity contribution in [3.63, 3.8) is 0 Å². The molecule has 2 aliphatic heterocycles. The Kier molecular flexibility index (Phi) is 4.77. The smallest absolute Gasteiger partial charge is 0.255 e. The van der Waals surface area contributed by atoms with Crippen molar-refractivity contribution in [2.24, 2.45) is 5.92 Å². The van der Waals surface area contributed by atoms with E-state index >= 15 is 0 Å². The molecule has 0 radical (unpaired) electrons. The van der Waals surface area contributed by atoms with Crippen LogP contribution in [0.5, 0.6) is 11.5 Å². The minimum atomic E-state index is -0.160. The average Bonchev–Trinajstić information content (AvgIpc) is 3.20. The van der Waals surface area contributed by atoms with Gasteiger partial charge in [0.2, 0.25) is 0 Å². The summed E-state index contributed by atoms with van der Waals surface area (Å²) >= 11 is 0. The van der Waals surface area contributed by atoms with Crippen molar-refractivity contribution in [3.05, 3.63) is 65.9 Å². The van der Waals surface area contributed by atoms with Gasteiger partial charge in [-0.2, -0.15) is 0 Å². The minimum absolute atomic E-state index is 0.0604. The van der Waals surface area contributed by atoms with E-state index in [4.69, 9.17) is 14.2 Å². The van der Waals surface area contributed by atoms with E-state index in [9.17, 15) is 4.79 Å². The van der Waals surface area contributed by atoms with E-state index in [1.54, 1.807) is 6.07 Å². The Bertz CT molecular complexity index is 1050. The Morgan fingerprint density at radius 2 is 1.93 bits per heavy atom. The second kappa shape index (κ2) is 7.72. The van der Waals surface area contributed by atoms with Crippen molar-refractivity contribution < 1.29 is 19.0 Å². The van der Waals surface area contributed by atoms with Crippen LogP contribution in [0.1, 0.15) is 15.9 Å². The molecule has 2 aromatic carbocycles. The summed E-state index contributed by atoms with van der Waals surface area (Å²) in [4.78, 5) is 17.4. The van der Waals surface area contributed by atoms with Crippen LogP contribution in [0.25, 0.3) is 10.9 Å². The van der Waals surface area contributed by atoms with Crippen molar-refractivity contribution in [1.29, 1.82) is 0 Å². The Morgan fingerprint density at radius 3 is 2.90 bits per heavy atom. The van der Waals surface area contributed by atoms with E-state index in [1.807, 2.05) is 36.5 Å². The Labute approximate surface area is 168 Å². The summed E-state index contributed by atoms with van der Waals surface area (Å²) in [6, 6.07) is 15.5. The lowest BCUT2D eigenvalue weighted by Gasteiger charge is -2.23. The predicted molar refractivity (Wildman–Crippen MR) is 108 cm³/mol. The maximum Gasteiger partial charge on any atom is 0.255 e. The number of carbonyl (C=O) groups is 1. The highest BCUT2D eigenvalue weighted by atomic mass is 16.6. The molecular weight excluding hydrogens is 368 g/mol. The monoisotopic (exact) mass is 390 g/mol. The number of para-hydroxylation sites is 2. The fourth-order valence-electron chi connectivity index (χ4n) is 4.07. The molecular formula is C23H22N2O4. The van der Waals surface area contributed by atoms with Crippen molar-refractivity contribution in [1.82, 2.24) is 10.3 Å². The molecule has 1 N–H and O–H groups in total. The summed E-state index contributed by atoms with van der Waals surface area (Å²) in [6.07, 6.45) is 2.66. The van der Waals surface area contributed by atoms with Crippen LogP contribution in [-0.4, -0.2) is 43.4 Å². The maximum absolute atomic E-state index is 13.0.